The van der Waals surface area contributed by atoms with Gasteiger partial charge in [-0.05, 0) is 44.9 Å². The molecule has 1 amide bonds. The smallest absolute Gasteiger partial charge is 0.463 e. The molecule has 0 fully saturated rings. The molecule has 0 saturated carbocycles. The zero-order valence-corrected chi connectivity index (χ0v) is 28.5. The Morgan fingerprint density at radius 2 is 1.25 bits per heavy atom. The third kappa shape index (κ3) is 31.6. The maximum absolute atomic E-state index is 11.9. The van der Waals surface area contributed by atoms with Crippen molar-refractivity contribution in [1.82, 2.24) is 5.32 Å². The lowest BCUT2D eigenvalue weighted by molar-refractivity contribution is -0.146. The van der Waals surface area contributed by atoms with E-state index in [2.05, 4.69) is 53.2 Å². The molecule has 9 nitrogen and oxygen atoms in total. The van der Waals surface area contributed by atoms with Crippen molar-refractivity contribution in [3.63, 3.8) is 0 Å². The number of carbonyl (C=O) groups is 2. The van der Waals surface area contributed by atoms with E-state index in [9.17, 15) is 24.2 Å². The molecule has 0 aromatic rings. The molecule has 0 spiro atoms. The van der Waals surface area contributed by atoms with Crippen LogP contribution in [0.25, 0.3) is 0 Å². The Morgan fingerprint density at radius 3 is 1.82 bits per heavy atom. The molecule has 0 heterocycles. The first-order chi connectivity index (χ1) is 21.3. The number of hydrogen-bond donors (Lipinski definition) is 3. The standard InChI is InChI=1S/C34H62NO8P/c1-3-5-6-7-8-9-10-11-12-13-14-15-16-17-18-19-20-21-22-23-24-25-26-27-33(37)35-28-29-42-44(39,40)43-31-32(36)30-41-34(38)4-2/h8-9,11-12,14-15,32,36H,3-7,10,13,16-31H2,1-2H3,(H,35,37)(H,39,40)/b9-8-,12-11-,15-14-. The van der Waals surface area contributed by atoms with Crippen LogP contribution in [0, 0.1) is 0 Å². The number of carbonyl (C=O) groups excluding carboxylic acids is 2. The normalized spacial score (nSPS) is 14.0. The molecular weight excluding hydrogens is 581 g/mol. The van der Waals surface area contributed by atoms with Gasteiger partial charge >= 0.3 is 13.8 Å². The van der Waals surface area contributed by atoms with Gasteiger partial charge in [-0.3, -0.25) is 18.6 Å². The summed E-state index contributed by atoms with van der Waals surface area (Å²) in [5.74, 6) is -0.613. The van der Waals surface area contributed by atoms with E-state index < -0.39 is 26.5 Å². The number of hydrogen-bond acceptors (Lipinski definition) is 7. The molecule has 0 aromatic carbocycles. The van der Waals surface area contributed by atoms with Gasteiger partial charge in [-0.1, -0.05) is 115 Å². The van der Waals surface area contributed by atoms with Gasteiger partial charge in [-0.25, -0.2) is 4.57 Å². The Hall–Kier alpha value is -1.77. The van der Waals surface area contributed by atoms with Crippen LogP contribution in [-0.4, -0.2) is 54.3 Å². The lowest BCUT2D eigenvalue weighted by atomic mass is 10.0. The number of aliphatic hydroxyl groups is 1. The Morgan fingerprint density at radius 1 is 0.727 bits per heavy atom. The fraction of sp³-hybridized carbons (Fsp3) is 0.765. The number of nitrogens with one attached hydrogen (secondary N) is 1. The Balaban J connectivity index is 3.49. The van der Waals surface area contributed by atoms with Crippen molar-refractivity contribution in [2.75, 3.05) is 26.4 Å². The quantitative estimate of drug-likeness (QED) is 0.0298. The lowest BCUT2D eigenvalue weighted by Crippen LogP contribution is -2.27. The number of phosphoric ester groups is 1. The van der Waals surface area contributed by atoms with Crippen LogP contribution in [0.4, 0.5) is 0 Å². The van der Waals surface area contributed by atoms with Gasteiger partial charge in [-0.2, -0.15) is 0 Å². The number of rotatable bonds is 31. The van der Waals surface area contributed by atoms with Crippen LogP contribution >= 0.6 is 7.82 Å². The van der Waals surface area contributed by atoms with E-state index in [-0.39, 0.29) is 32.1 Å². The number of phosphoric acid groups is 1. The summed E-state index contributed by atoms with van der Waals surface area (Å²) in [6.07, 6.45) is 33.2. The fourth-order valence-corrected chi connectivity index (χ4v) is 5.01. The molecule has 44 heavy (non-hydrogen) atoms. The van der Waals surface area contributed by atoms with Gasteiger partial charge in [-0.15, -0.1) is 0 Å². The van der Waals surface area contributed by atoms with Crippen LogP contribution in [0.15, 0.2) is 36.5 Å². The molecule has 0 radical (unpaired) electrons. The van der Waals surface area contributed by atoms with Crippen LogP contribution in [0.2, 0.25) is 0 Å². The third-order valence-electron chi connectivity index (χ3n) is 6.88. The lowest BCUT2D eigenvalue weighted by Gasteiger charge is -2.15. The van der Waals surface area contributed by atoms with Crippen molar-refractivity contribution in [2.24, 2.45) is 0 Å². The van der Waals surface area contributed by atoms with Crippen molar-refractivity contribution in [1.29, 1.82) is 0 Å². The molecule has 0 aromatic heterocycles. The number of amides is 1. The topological polar surface area (TPSA) is 131 Å². The zero-order valence-electron chi connectivity index (χ0n) is 27.6. The number of aliphatic hydroxyl groups excluding tert-OH is 1. The molecule has 3 N–H and O–H groups in total. The first-order valence-electron chi connectivity index (χ1n) is 17.0. The van der Waals surface area contributed by atoms with Gasteiger partial charge in [0.15, 0.2) is 0 Å². The van der Waals surface area contributed by atoms with Crippen molar-refractivity contribution in [3.8, 4) is 0 Å². The average Bonchev–Trinajstić information content (AvgIpc) is 3.01. The molecule has 2 atom stereocenters. The van der Waals surface area contributed by atoms with E-state index in [0.29, 0.717) is 6.42 Å². The molecule has 10 heteroatoms. The van der Waals surface area contributed by atoms with Crippen LogP contribution in [0.3, 0.4) is 0 Å². The van der Waals surface area contributed by atoms with E-state index in [1.165, 1.54) is 77.0 Å². The minimum atomic E-state index is -4.38. The first-order valence-corrected chi connectivity index (χ1v) is 18.5. The maximum Gasteiger partial charge on any atom is 0.472 e. The largest absolute Gasteiger partial charge is 0.472 e. The van der Waals surface area contributed by atoms with Crippen molar-refractivity contribution >= 4 is 19.7 Å². The Kier molecular flexibility index (Phi) is 30.0. The SMILES string of the molecule is CCCCC/C=C\C/C=C\C/C=C\CCCCCCCCCCCCC(=O)NCCOP(=O)(O)OCC(O)COC(=O)CC. The summed E-state index contributed by atoms with van der Waals surface area (Å²) in [6.45, 7) is 2.87. The first kappa shape index (κ1) is 42.2. The van der Waals surface area contributed by atoms with Gasteiger partial charge in [0.2, 0.25) is 5.91 Å². The predicted octanol–water partition coefficient (Wildman–Crippen LogP) is 8.26. The van der Waals surface area contributed by atoms with E-state index in [4.69, 9.17) is 9.26 Å². The second kappa shape index (κ2) is 31.2. The highest BCUT2D eigenvalue weighted by Crippen LogP contribution is 2.42. The molecule has 0 aliphatic heterocycles. The highest BCUT2D eigenvalue weighted by atomic mass is 31.2. The van der Waals surface area contributed by atoms with Crippen LogP contribution in [0.1, 0.15) is 136 Å². The summed E-state index contributed by atoms with van der Waals surface area (Å²) in [5.41, 5.74) is 0. The van der Waals surface area contributed by atoms with E-state index in [0.717, 1.165) is 32.1 Å². The van der Waals surface area contributed by atoms with Gasteiger partial charge in [0.25, 0.3) is 0 Å². The summed E-state index contributed by atoms with van der Waals surface area (Å²) in [5, 5.41) is 12.3. The number of ether oxygens (including phenoxy) is 1. The summed E-state index contributed by atoms with van der Waals surface area (Å²) in [4.78, 5) is 32.6. The van der Waals surface area contributed by atoms with E-state index in [1.54, 1.807) is 6.92 Å². The molecule has 256 valence electrons. The highest BCUT2D eigenvalue weighted by molar-refractivity contribution is 7.47. The molecular formula is C34H62NO8P. The number of allylic oxidation sites excluding steroid dienone is 6. The molecule has 0 aliphatic carbocycles. The van der Waals surface area contributed by atoms with E-state index >= 15 is 0 Å². The Bertz CT molecular complexity index is 830. The minimum Gasteiger partial charge on any atom is -0.463 e. The number of unbranched alkanes of at least 4 members (excludes halogenated alkanes) is 13. The summed E-state index contributed by atoms with van der Waals surface area (Å²) >= 11 is 0. The van der Waals surface area contributed by atoms with Gasteiger partial charge in [0.05, 0.1) is 13.2 Å². The van der Waals surface area contributed by atoms with Crippen LogP contribution in [0.5, 0.6) is 0 Å². The van der Waals surface area contributed by atoms with Crippen molar-refractivity contribution < 1.29 is 37.9 Å². The number of esters is 1. The molecule has 0 aliphatic rings. The summed E-state index contributed by atoms with van der Waals surface area (Å²) < 4.78 is 26.0. The van der Waals surface area contributed by atoms with Gasteiger partial charge in [0, 0.05) is 19.4 Å². The Labute approximate surface area is 267 Å². The molecule has 0 rings (SSSR count). The van der Waals surface area contributed by atoms with Crippen molar-refractivity contribution in [3.05, 3.63) is 36.5 Å². The minimum absolute atomic E-state index is 0.0778. The highest BCUT2D eigenvalue weighted by Gasteiger charge is 2.23. The predicted molar refractivity (Wildman–Crippen MR) is 178 cm³/mol. The molecule has 0 saturated heterocycles. The van der Waals surface area contributed by atoms with E-state index in [1.807, 2.05) is 0 Å². The third-order valence-corrected chi connectivity index (χ3v) is 7.86. The summed E-state index contributed by atoms with van der Waals surface area (Å²) in [6, 6.07) is 0. The second-order valence-electron chi connectivity index (χ2n) is 11.1. The van der Waals surface area contributed by atoms with Crippen LogP contribution < -0.4 is 5.32 Å². The monoisotopic (exact) mass is 643 g/mol. The van der Waals surface area contributed by atoms with Gasteiger partial charge in [0.1, 0.15) is 12.7 Å². The summed E-state index contributed by atoms with van der Waals surface area (Å²) in [7, 11) is -4.38. The zero-order chi connectivity index (χ0) is 32.6. The van der Waals surface area contributed by atoms with Crippen LogP contribution in [-0.2, 0) is 27.9 Å². The molecule has 2 unspecified atom stereocenters. The van der Waals surface area contributed by atoms with Gasteiger partial charge < -0.3 is 20.1 Å². The second-order valence-corrected chi connectivity index (χ2v) is 12.5. The maximum atomic E-state index is 11.9. The average molecular weight is 644 g/mol. The van der Waals surface area contributed by atoms with Crippen molar-refractivity contribution in [2.45, 2.75) is 142 Å². The molecule has 0 bridgehead atoms. The fourth-order valence-electron chi connectivity index (χ4n) is 4.25.